The SMILES string of the molecule is CCCCC(=O)N1CCC(N(Cc2ccc(Cl)cc2)C(=O)CN(CCOC)S(=O)(=O)CCC)CC1. The summed E-state index contributed by atoms with van der Waals surface area (Å²) in [7, 11) is -2.07. The van der Waals surface area contributed by atoms with Crippen molar-refractivity contribution in [2.45, 2.75) is 65.0 Å². The Morgan fingerprint density at radius 1 is 1.11 bits per heavy atom. The number of piperidine rings is 1. The zero-order valence-corrected chi connectivity index (χ0v) is 22.8. The summed E-state index contributed by atoms with van der Waals surface area (Å²) in [5, 5.41) is 0.613. The number of rotatable bonds is 14. The quantitative estimate of drug-likeness (QED) is 0.368. The Balaban J connectivity index is 2.19. The maximum Gasteiger partial charge on any atom is 0.238 e. The van der Waals surface area contributed by atoms with Gasteiger partial charge in [0.15, 0.2) is 0 Å². The summed E-state index contributed by atoms with van der Waals surface area (Å²) < 4.78 is 32.0. The van der Waals surface area contributed by atoms with E-state index in [4.69, 9.17) is 16.3 Å². The molecule has 1 aliphatic rings. The lowest BCUT2D eigenvalue weighted by molar-refractivity contribution is -0.137. The predicted octanol–water partition coefficient (Wildman–Crippen LogP) is 3.54. The van der Waals surface area contributed by atoms with Gasteiger partial charge in [0.05, 0.1) is 18.9 Å². The number of carbonyl (C=O) groups is 2. The van der Waals surface area contributed by atoms with Crippen LogP contribution in [0.1, 0.15) is 57.9 Å². The molecule has 0 radical (unpaired) electrons. The Morgan fingerprint density at radius 2 is 1.77 bits per heavy atom. The van der Waals surface area contributed by atoms with Crippen molar-refractivity contribution in [3.05, 3.63) is 34.9 Å². The number of carbonyl (C=O) groups excluding carboxylic acids is 2. The van der Waals surface area contributed by atoms with Gasteiger partial charge in [0.25, 0.3) is 0 Å². The zero-order chi connectivity index (χ0) is 25.8. The van der Waals surface area contributed by atoms with Crippen LogP contribution in [0.4, 0.5) is 0 Å². The maximum absolute atomic E-state index is 13.6. The number of halogens is 1. The van der Waals surface area contributed by atoms with Gasteiger partial charge in [0.2, 0.25) is 21.8 Å². The van der Waals surface area contributed by atoms with Crippen LogP contribution in [0.2, 0.25) is 5.02 Å². The molecule has 0 N–H and O–H groups in total. The molecule has 0 unspecified atom stereocenters. The van der Waals surface area contributed by atoms with Crippen molar-refractivity contribution in [3.8, 4) is 0 Å². The van der Waals surface area contributed by atoms with Crippen LogP contribution >= 0.6 is 11.6 Å². The van der Waals surface area contributed by atoms with Crippen molar-refractivity contribution in [2.75, 3.05) is 45.6 Å². The van der Waals surface area contributed by atoms with Crippen LogP contribution in [0.5, 0.6) is 0 Å². The van der Waals surface area contributed by atoms with Gasteiger partial charge in [-0.2, -0.15) is 4.31 Å². The molecule has 1 saturated heterocycles. The highest BCUT2D eigenvalue weighted by molar-refractivity contribution is 7.89. The topological polar surface area (TPSA) is 87.2 Å². The molecular formula is C25H40ClN3O5S. The second-order valence-corrected chi connectivity index (χ2v) is 11.5. The fourth-order valence-electron chi connectivity index (χ4n) is 4.26. The molecular weight excluding hydrogens is 490 g/mol. The summed E-state index contributed by atoms with van der Waals surface area (Å²) in [5.41, 5.74) is 0.920. The molecule has 0 bridgehead atoms. The number of sulfonamides is 1. The standard InChI is InChI=1S/C25H40ClN3O5S/c1-4-6-7-24(30)27-14-12-23(13-15-27)29(19-21-8-10-22(26)11-9-21)25(31)20-28(16-17-34-3)35(32,33)18-5-2/h8-11,23H,4-7,12-20H2,1-3H3. The van der Waals surface area contributed by atoms with Gasteiger partial charge < -0.3 is 14.5 Å². The molecule has 1 aliphatic heterocycles. The monoisotopic (exact) mass is 529 g/mol. The summed E-state index contributed by atoms with van der Waals surface area (Å²) in [4.78, 5) is 29.7. The highest BCUT2D eigenvalue weighted by Crippen LogP contribution is 2.22. The minimum atomic E-state index is -3.58. The number of methoxy groups -OCH3 is 1. The summed E-state index contributed by atoms with van der Waals surface area (Å²) in [6.07, 6.45) is 4.21. The number of hydrogen-bond donors (Lipinski definition) is 0. The summed E-state index contributed by atoms with van der Waals surface area (Å²) in [6, 6.07) is 7.24. The first kappa shape index (κ1) is 29.5. The number of benzene rings is 1. The zero-order valence-electron chi connectivity index (χ0n) is 21.2. The molecule has 0 aromatic heterocycles. The van der Waals surface area contributed by atoms with E-state index in [1.54, 1.807) is 24.0 Å². The highest BCUT2D eigenvalue weighted by atomic mass is 35.5. The van der Waals surface area contributed by atoms with Gasteiger partial charge in [-0.15, -0.1) is 0 Å². The second kappa shape index (κ2) is 14.8. The van der Waals surface area contributed by atoms with Crippen LogP contribution in [0.15, 0.2) is 24.3 Å². The third-order valence-corrected chi connectivity index (χ3v) is 8.58. The van der Waals surface area contributed by atoms with Gasteiger partial charge in [0.1, 0.15) is 0 Å². The van der Waals surface area contributed by atoms with E-state index in [0.29, 0.717) is 50.3 Å². The lowest BCUT2D eigenvalue weighted by atomic mass is 10.0. The van der Waals surface area contributed by atoms with Crippen LogP contribution in [0.25, 0.3) is 0 Å². The first-order valence-corrected chi connectivity index (χ1v) is 14.5. The van der Waals surface area contributed by atoms with Crippen LogP contribution in [0.3, 0.4) is 0 Å². The van der Waals surface area contributed by atoms with Gasteiger partial charge in [-0.3, -0.25) is 9.59 Å². The summed E-state index contributed by atoms with van der Waals surface area (Å²) in [6.45, 7) is 5.53. The van der Waals surface area contributed by atoms with Crippen molar-refractivity contribution < 1.29 is 22.7 Å². The Bertz CT molecular complexity index is 902. The van der Waals surface area contributed by atoms with Crippen LogP contribution in [-0.2, 0) is 30.9 Å². The molecule has 35 heavy (non-hydrogen) atoms. The minimum Gasteiger partial charge on any atom is -0.383 e. The number of nitrogens with zero attached hydrogens (tertiary/aromatic N) is 3. The van der Waals surface area contributed by atoms with Crippen molar-refractivity contribution in [3.63, 3.8) is 0 Å². The lowest BCUT2D eigenvalue weighted by Gasteiger charge is -2.39. The Labute approximate surface area is 215 Å². The van der Waals surface area contributed by atoms with E-state index >= 15 is 0 Å². The number of likely N-dealkylation sites (tertiary alicyclic amines) is 1. The molecule has 0 saturated carbocycles. The molecule has 1 heterocycles. The van der Waals surface area contributed by atoms with Crippen molar-refractivity contribution in [2.24, 2.45) is 0 Å². The number of ether oxygens (including phenoxy) is 1. The molecule has 0 aliphatic carbocycles. The van der Waals surface area contributed by atoms with Gasteiger partial charge in [-0.1, -0.05) is 44.0 Å². The molecule has 1 fully saturated rings. The van der Waals surface area contributed by atoms with Crippen LogP contribution in [-0.4, -0.2) is 86.0 Å². The fourth-order valence-corrected chi connectivity index (χ4v) is 5.82. The Kier molecular flexibility index (Phi) is 12.5. The number of hydrogen-bond acceptors (Lipinski definition) is 5. The minimum absolute atomic E-state index is 0.0144. The van der Waals surface area contributed by atoms with E-state index in [1.165, 1.54) is 11.4 Å². The second-order valence-electron chi connectivity index (χ2n) is 9.01. The van der Waals surface area contributed by atoms with Crippen molar-refractivity contribution in [1.82, 2.24) is 14.1 Å². The number of unbranched alkanes of at least 4 members (excludes halogenated alkanes) is 1. The Morgan fingerprint density at radius 3 is 2.34 bits per heavy atom. The van der Waals surface area contributed by atoms with Gasteiger partial charge in [0, 0.05) is 50.8 Å². The lowest BCUT2D eigenvalue weighted by Crippen LogP contribution is -2.51. The van der Waals surface area contributed by atoms with E-state index in [1.807, 2.05) is 17.0 Å². The van der Waals surface area contributed by atoms with E-state index < -0.39 is 10.0 Å². The first-order chi connectivity index (χ1) is 16.7. The van der Waals surface area contributed by atoms with E-state index in [0.717, 1.165) is 18.4 Å². The van der Waals surface area contributed by atoms with Gasteiger partial charge in [-0.05, 0) is 43.4 Å². The van der Waals surface area contributed by atoms with Crippen molar-refractivity contribution in [1.29, 1.82) is 0 Å². The van der Waals surface area contributed by atoms with Crippen LogP contribution in [0, 0.1) is 0 Å². The van der Waals surface area contributed by atoms with E-state index in [9.17, 15) is 18.0 Å². The molecule has 8 nitrogen and oxygen atoms in total. The molecule has 2 amide bonds. The highest BCUT2D eigenvalue weighted by Gasteiger charge is 2.32. The largest absolute Gasteiger partial charge is 0.383 e. The molecule has 0 spiro atoms. The fraction of sp³-hybridized carbons (Fsp3) is 0.680. The molecule has 0 atom stereocenters. The summed E-state index contributed by atoms with van der Waals surface area (Å²) in [5.74, 6) is -0.0943. The molecule has 1 aromatic rings. The third kappa shape index (κ3) is 9.37. The molecule has 1 aromatic carbocycles. The van der Waals surface area contributed by atoms with Gasteiger partial charge in [-0.25, -0.2) is 8.42 Å². The van der Waals surface area contributed by atoms with E-state index in [2.05, 4.69) is 6.92 Å². The normalized spacial score (nSPS) is 14.9. The third-order valence-electron chi connectivity index (χ3n) is 6.30. The Hall–Kier alpha value is -1.68. The average Bonchev–Trinajstić information content (AvgIpc) is 2.84. The molecule has 2 rings (SSSR count). The molecule has 198 valence electrons. The molecule has 10 heteroatoms. The maximum atomic E-state index is 13.6. The van der Waals surface area contributed by atoms with Crippen LogP contribution < -0.4 is 0 Å². The van der Waals surface area contributed by atoms with Gasteiger partial charge >= 0.3 is 0 Å². The van der Waals surface area contributed by atoms with E-state index in [-0.39, 0.29) is 43.3 Å². The average molecular weight is 530 g/mol. The first-order valence-electron chi connectivity index (χ1n) is 12.5. The smallest absolute Gasteiger partial charge is 0.238 e. The predicted molar refractivity (Wildman–Crippen MR) is 139 cm³/mol. The number of amides is 2. The van der Waals surface area contributed by atoms with Crippen molar-refractivity contribution >= 4 is 33.4 Å². The summed E-state index contributed by atoms with van der Waals surface area (Å²) >= 11 is 6.04.